The lowest BCUT2D eigenvalue weighted by Crippen LogP contribution is -2.22. The number of aryl methyl sites for hydroxylation is 1. The summed E-state index contributed by atoms with van der Waals surface area (Å²) in [6, 6.07) is 6.34. The van der Waals surface area contributed by atoms with Crippen LogP contribution in [0.3, 0.4) is 0 Å². The van der Waals surface area contributed by atoms with Crippen LogP contribution in [0.4, 0.5) is 4.39 Å². The topological polar surface area (TPSA) is 42.8 Å². The predicted octanol–water partition coefficient (Wildman–Crippen LogP) is 4.64. The second-order valence-electron chi connectivity index (χ2n) is 7.01. The van der Waals surface area contributed by atoms with Crippen molar-refractivity contribution in [1.82, 2.24) is 14.8 Å². The summed E-state index contributed by atoms with van der Waals surface area (Å²) in [5.74, 6) is 0.435. The van der Waals surface area contributed by atoms with Crippen LogP contribution in [0.2, 0.25) is 0 Å². The molecule has 1 aromatic carbocycles. The van der Waals surface area contributed by atoms with Crippen LogP contribution >= 0.6 is 0 Å². The molecule has 1 aliphatic heterocycles. The molecule has 5 heteroatoms. The Kier molecular flexibility index (Phi) is 3.83. The van der Waals surface area contributed by atoms with Gasteiger partial charge in [0.25, 0.3) is 0 Å². The van der Waals surface area contributed by atoms with Gasteiger partial charge in [0, 0.05) is 41.1 Å². The molecule has 1 unspecified atom stereocenters. The molecule has 3 aromatic rings. The van der Waals surface area contributed by atoms with E-state index in [1.54, 1.807) is 6.92 Å². The molecule has 0 radical (unpaired) electrons. The minimum atomic E-state index is -0.902. The van der Waals surface area contributed by atoms with Crippen LogP contribution in [0, 0.1) is 6.92 Å². The van der Waals surface area contributed by atoms with Crippen molar-refractivity contribution in [2.75, 3.05) is 13.2 Å². The molecule has 0 bridgehead atoms. The lowest BCUT2D eigenvalue weighted by Gasteiger charge is -2.27. The van der Waals surface area contributed by atoms with Crippen molar-refractivity contribution < 1.29 is 9.13 Å². The van der Waals surface area contributed by atoms with Gasteiger partial charge in [0.2, 0.25) is 0 Å². The molecule has 0 aliphatic carbocycles. The molecule has 0 amide bonds. The maximum absolute atomic E-state index is 14.2. The van der Waals surface area contributed by atoms with Gasteiger partial charge in [-0.15, -0.1) is 0 Å². The first kappa shape index (κ1) is 15.6. The zero-order chi connectivity index (χ0) is 16.8. The summed E-state index contributed by atoms with van der Waals surface area (Å²) in [6.45, 7) is 7.19. The highest BCUT2D eigenvalue weighted by molar-refractivity contribution is 5.97. The van der Waals surface area contributed by atoms with Crippen LogP contribution < -0.4 is 0 Å². The molecule has 4 nitrogen and oxygen atoms in total. The van der Waals surface area contributed by atoms with Crippen LogP contribution in [-0.4, -0.2) is 34.1 Å². The Morgan fingerprint density at radius 3 is 2.71 bits per heavy atom. The van der Waals surface area contributed by atoms with Gasteiger partial charge >= 0.3 is 0 Å². The summed E-state index contributed by atoms with van der Waals surface area (Å²) in [7, 11) is 0. The number of hydrogen-bond acceptors (Lipinski definition) is 2. The molecule has 2 atom stereocenters. The number of alkyl halides is 1. The third-order valence-corrected chi connectivity index (χ3v) is 5.45. The van der Waals surface area contributed by atoms with E-state index < -0.39 is 6.17 Å². The molecule has 4 rings (SSSR count). The Labute approximate surface area is 141 Å². The fraction of sp³-hybridized carbons (Fsp3) is 0.526. The average molecular weight is 329 g/mol. The predicted molar refractivity (Wildman–Crippen MR) is 94.4 cm³/mol. The first-order valence-electron chi connectivity index (χ1n) is 8.77. The SMILES string of the molecule is Cc1n[nH]c2cc3cc(C4CCOCC4)n(C(C)[C@@H](C)F)c3cc12. The van der Waals surface area contributed by atoms with Crippen LogP contribution in [0.5, 0.6) is 0 Å². The molecule has 1 N–H and O–H groups in total. The molecule has 1 saturated heterocycles. The third-order valence-electron chi connectivity index (χ3n) is 5.45. The number of benzene rings is 1. The Bertz CT molecular complexity index is 874. The summed E-state index contributed by atoms with van der Waals surface area (Å²) < 4.78 is 21.9. The number of halogens is 1. The molecule has 1 fully saturated rings. The summed E-state index contributed by atoms with van der Waals surface area (Å²) >= 11 is 0. The standard InChI is InChI=1S/C19H24FN3O/c1-11(20)13(3)23-18(14-4-6-24-7-5-14)9-15-8-17-16(10-19(15)23)12(2)21-22-17/h8-11,13-14H,4-7H2,1-3H3,(H,21,22)/t11-,13?/m1/s1. The van der Waals surface area contributed by atoms with Gasteiger partial charge in [-0.2, -0.15) is 5.10 Å². The molecule has 0 saturated carbocycles. The van der Waals surface area contributed by atoms with Gasteiger partial charge in [0.15, 0.2) is 0 Å². The van der Waals surface area contributed by atoms with E-state index in [9.17, 15) is 4.39 Å². The summed E-state index contributed by atoms with van der Waals surface area (Å²) in [5, 5.41) is 9.65. The lowest BCUT2D eigenvalue weighted by molar-refractivity contribution is 0.0831. The quantitative estimate of drug-likeness (QED) is 0.761. The van der Waals surface area contributed by atoms with Crippen molar-refractivity contribution in [2.24, 2.45) is 0 Å². The first-order chi connectivity index (χ1) is 11.6. The van der Waals surface area contributed by atoms with Crippen molar-refractivity contribution in [2.45, 2.75) is 51.7 Å². The highest BCUT2D eigenvalue weighted by Crippen LogP contribution is 2.37. The summed E-state index contributed by atoms with van der Waals surface area (Å²) in [5.41, 5.74) is 4.36. The van der Waals surface area contributed by atoms with Gasteiger partial charge in [-0.3, -0.25) is 5.10 Å². The third kappa shape index (κ3) is 2.42. The van der Waals surface area contributed by atoms with Crippen molar-refractivity contribution >= 4 is 21.8 Å². The Balaban J connectivity index is 1.95. The number of aromatic amines is 1. The fourth-order valence-corrected chi connectivity index (χ4v) is 3.86. The van der Waals surface area contributed by atoms with Gasteiger partial charge in [0.05, 0.1) is 17.3 Å². The van der Waals surface area contributed by atoms with E-state index in [2.05, 4.69) is 33.0 Å². The number of nitrogens with one attached hydrogen (secondary N) is 1. The summed E-state index contributed by atoms with van der Waals surface area (Å²) in [4.78, 5) is 0. The van der Waals surface area contributed by atoms with Crippen molar-refractivity contribution in [3.05, 3.63) is 29.6 Å². The largest absolute Gasteiger partial charge is 0.381 e. The number of aromatic nitrogens is 3. The van der Waals surface area contributed by atoms with Gasteiger partial charge in [0.1, 0.15) is 6.17 Å². The first-order valence-corrected chi connectivity index (χ1v) is 8.77. The zero-order valence-corrected chi connectivity index (χ0v) is 14.5. The van der Waals surface area contributed by atoms with E-state index in [0.29, 0.717) is 5.92 Å². The van der Waals surface area contributed by atoms with Gasteiger partial charge < -0.3 is 9.30 Å². The second kappa shape index (κ2) is 5.88. The summed E-state index contributed by atoms with van der Waals surface area (Å²) in [6.07, 6.45) is 1.10. The Morgan fingerprint density at radius 1 is 1.25 bits per heavy atom. The van der Waals surface area contributed by atoms with E-state index in [1.165, 1.54) is 5.69 Å². The van der Waals surface area contributed by atoms with E-state index in [-0.39, 0.29) is 6.04 Å². The Morgan fingerprint density at radius 2 is 2.00 bits per heavy atom. The van der Waals surface area contributed by atoms with Crippen LogP contribution in [0.1, 0.15) is 50.0 Å². The Hall–Kier alpha value is -1.88. The second-order valence-corrected chi connectivity index (χ2v) is 7.01. The highest BCUT2D eigenvalue weighted by atomic mass is 19.1. The molecular formula is C19H24FN3O. The monoisotopic (exact) mass is 329 g/mol. The number of hydrogen-bond donors (Lipinski definition) is 1. The molecule has 128 valence electrons. The molecule has 2 aromatic heterocycles. The number of fused-ring (bicyclic) bond motifs is 2. The van der Waals surface area contributed by atoms with Crippen LogP contribution in [0.15, 0.2) is 18.2 Å². The van der Waals surface area contributed by atoms with E-state index >= 15 is 0 Å². The van der Waals surface area contributed by atoms with E-state index in [1.807, 2.05) is 13.8 Å². The van der Waals surface area contributed by atoms with Crippen LogP contribution in [0.25, 0.3) is 21.8 Å². The number of ether oxygens (including phenoxy) is 1. The van der Waals surface area contributed by atoms with E-state index in [4.69, 9.17) is 4.74 Å². The maximum atomic E-state index is 14.2. The minimum Gasteiger partial charge on any atom is -0.381 e. The van der Waals surface area contributed by atoms with Crippen molar-refractivity contribution in [1.29, 1.82) is 0 Å². The normalized spacial score (nSPS) is 19.2. The highest BCUT2D eigenvalue weighted by Gasteiger charge is 2.26. The zero-order valence-electron chi connectivity index (χ0n) is 14.5. The number of rotatable bonds is 3. The number of H-pyrrole nitrogens is 1. The van der Waals surface area contributed by atoms with Crippen LogP contribution in [-0.2, 0) is 4.74 Å². The molecular weight excluding hydrogens is 305 g/mol. The lowest BCUT2D eigenvalue weighted by atomic mass is 9.96. The fourth-order valence-electron chi connectivity index (χ4n) is 3.86. The van der Waals surface area contributed by atoms with Crippen molar-refractivity contribution in [3.8, 4) is 0 Å². The van der Waals surface area contributed by atoms with Gasteiger partial charge in [-0.1, -0.05) is 0 Å². The maximum Gasteiger partial charge on any atom is 0.118 e. The van der Waals surface area contributed by atoms with Gasteiger partial charge in [-0.25, -0.2) is 4.39 Å². The van der Waals surface area contributed by atoms with E-state index in [0.717, 1.165) is 53.6 Å². The molecule has 3 heterocycles. The van der Waals surface area contributed by atoms with Crippen molar-refractivity contribution in [3.63, 3.8) is 0 Å². The molecule has 1 aliphatic rings. The smallest absolute Gasteiger partial charge is 0.118 e. The average Bonchev–Trinajstić information content (AvgIpc) is 3.13. The molecule has 0 spiro atoms. The molecule has 24 heavy (non-hydrogen) atoms. The number of nitrogens with zero attached hydrogens (tertiary/aromatic N) is 2. The minimum absolute atomic E-state index is 0.190. The van der Waals surface area contributed by atoms with Gasteiger partial charge in [-0.05, 0) is 51.8 Å².